The van der Waals surface area contributed by atoms with Crippen LogP contribution in [0.2, 0.25) is 18.1 Å². The molecule has 0 aromatic heterocycles. The van der Waals surface area contributed by atoms with Crippen molar-refractivity contribution in [2.45, 2.75) is 84.4 Å². The van der Waals surface area contributed by atoms with E-state index in [1.807, 2.05) is 0 Å². The lowest BCUT2D eigenvalue weighted by Crippen LogP contribution is -2.39. The maximum absolute atomic E-state index is 11.6. The molecule has 4 heteroatoms. The minimum Gasteiger partial charge on any atom is -0.305 e. The van der Waals surface area contributed by atoms with Crippen LogP contribution < -0.4 is 0 Å². The Bertz CT molecular complexity index is 268. The third-order valence-electron chi connectivity index (χ3n) is 3.60. The Hall–Kier alpha value is -0.613. The zero-order valence-corrected chi connectivity index (χ0v) is 14.8. The lowest BCUT2D eigenvalue weighted by molar-refractivity contribution is -0.216. The highest BCUT2D eigenvalue weighted by Crippen LogP contribution is 2.30. The van der Waals surface area contributed by atoms with Crippen LogP contribution in [-0.2, 0) is 14.3 Å². The lowest BCUT2D eigenvalue weighted by Gasteiger charge is -2.29. The van der Waals surface area contributed by atoms with Crippen LogP contribution in [0.3, 0.4) is 0 Å². The molecule has 0 unspecified atom stereocenters. The number of carbonyl (C=O) groups excluding carboxylic acids is 1. The highest BCUT2D eigenvalue weighted by molar-refractivity contribution is 6.73. The largest absolute Gasteiger partial charge is 0.366 e. The van der Waals surface area contributed by atoms with Crippen molar-refractivity contribution in [3.05, 3.63) is 12.2 Å². The fourth-order valence-electron chi connectivity index (χ4n) is 2.19. The van der Waals surface area contributed by atoms with Gasteiger partial charge in [0.2, 0.25) is 0 Å². The van der Waals surface area contributed by atoms with E-state index in [4.69, 9.17) is 9.46 Å². The molecule has 0 N–H and O–H groups in total. The predicted octanol–water partition coefficient (Wildman–Crippen LogP) is 5.38. The molecule has 0 heterocycles. The molecule has 0 aliphatic carbocycles. The Morgan fingerprint density at radius 2 is 1.35 bits per heavy atom. The number of hydrogen-bond acceptors (Lipinski definition) is 3. The third kappa shape index (κ3) is 7.85. The van der Waals surface area contributed by atoms with Gasteiger partial charge in [-0.15, -0.1) is 0 Å². The Balaban J connectivity index is 4.73. The van der Waals surface area contributed by atoms with Crippen LogP contribution in [-0.4, -0.2) is 14.3 Å². The first-order valence-electron chi connectivity index (χ1n) is 8.06. The summed E-state index contributed by atoms with van der Waals surface area (Å²) in [6, 6.07) is 3.27. The average Bonchev–Trinajstić information content (AvgIpc) is 2.45. The van der Waals surface area contributed by atoms with Crippen molar-refractivity contribution >= 4 is 14.3 Å². The van der Waals surface area contributed by atoms with E-state index in [9.17, 15) is 4.79 Å². The Morgan fingerprint density at radius 1 is 0.950 bits per heavy atom. The molecule has 0 saturated carbocycles. The van der Waals surface area contributed by atoms with E-state index in [0.717, 1.165) is 56.7 Å². The second kappa shape index (κ2) is 11.1. The molecular weight excluding hydrogens is 268 g/mol. The molecule has 0 aliphatic rings. The Kier molecular flexibility index (Phi) is 10.8. The van der Waals surface area contributed by atoms with E-state index < -0.39 is 14.3 Å². The standard InChI is InChI=1S/C16H32O3Si/c1-6-9-12-20(13-10-7-2,14-11-8-3)19-18-16(17)15(4)5/h4,6-14H2,1-3,5H3. The molecule has 0 aromatic rings. The quantitative estimate of drug-likeness (QED) is 0.210. The van der Waals surface area contributed by atoms with Crippen LogP contribution >= 0.6 is 0 Å². The molecule has 0 amide bonds. The molecule has 118 valence electrons. The van der Waals surface area contributed by atoms with Gasteiger partial charge in [-0.3, -0.25) is 0 Å². The maximum atomic E-state index is 11.6. The number of hydrogen-bond donors (Lipinski definition) is 0. The van der Waals surface area contributed by atoms with Crippen molar-refractivity contribution < 1.29 is 14.3 Å². The Labute approximate surface area is 125 Å². The molecule has 0 radical (unpaired) electrons. The van der Waals surface area contributed by atoms with Gasteiger partial charge in [-0.25, -0.2) is 9.37 Å². The van der Waals surface area contributed by atoms with Gasteiger partial charge in [0, 0.05) is 5.57 Å². The summed E-state index contributed by atoms with van der Waals surface area (Å²) < 4.78 is 5.79. The molecule has 3 nitrogen and oxygen atoms in total. The topological polar surface area (TPSA) is 35.5 Å². The van der Waals surface area contributed by atoms with Gasteiger partial charge in [0.25, 0.3) is 8.32 Å². The van der Waals surface area contributed by atoms with Crippen molar-refractivity contribution in [2.75, 3.05) is 0 Å². The molecule has 0 fully saturated rings. The van der Waals surface area contributed by atoms with Gasteiger partial charge in [-0.2, -0.15) is 0 Å². The summed E-state index contributed by atoms with van der Waals surface area (Å²) in [6.07, 6.45) is 6.94. The maximum Gasteiger partial charge on any atom is 0.366 e. The number of carbonyl (C=O) groups is 1. The van der Waals surface area contributed by atoms with Crippen molar-refractivity contribution in [3.63, 3.8) is 0 Å². The second-order valence-corrected chi connectivity index (χ2v) is 9.76. The van der Waals surface area contributed by atoms with Gasteiger partial charge in [-0.05, 0) is 25.1 Å². The van der Waals surface area contributed by atoms with Crippen LogP contribution in [0.15, 0.2) is 12.2 Å². The highest BCUT2D eigenvalue weighted by atomic mass is 28.4. The van der Waals surface area contributed by atoms with Crippen molar-refractivity contribution in [1.82, 2.24) is 0 Å². The summed E-state index contributed by atoms with van der Waals surface area (Å²) >= 11 is 0. The van der Waals surface area contributed by atoms with E-state index in [1.165, 1.54) is 0 Å². The van der Waals surface area contributed by atoms with E-state index >= 15 is 0 Å². The van der Waals surface area contributed by atoms with Crippen LogP contribution in [0.1, 0.15) is 66.2 Å². The van der Waals surface area contributed by atoms with E-state index in [-0.39, 0.29) is 0 Å². The molecule has 0 spiro atoms. The molecule has 0 aliphatic heterocycles. The molecular formula is C16H32O3Si. The van der Waals surface area contributed by atoms with Crippen LogP contribution in [0.4, 0.5) is 0 Å². The normalized spacial score (nSPS) is 11.4. The van der Waals surface area contributed by atoms with Crippen LogP contribution in [0, 0.1) is 0 Å². The molecule has 20 heavy (non-hydrogen) atoms. The van der Waals surface area contributed by atoms with Crippen molar-refractivity contribution in [1.29, 1.82) is 0 Å². The second-order valence-electron chi connectivity index (χ2n) is 5.73. The fraction of sp³-hybridized carbons (Fsp3) is 0.812. The zero-order chi connectivity index (χ0) is 15.4. The number of unbranched alkanes of at least 4 members (excludes halogenated alkanes) is 3. The van der Waals surface area contributed by atoms with Crippen molar-refractivity contribution in [2.24, 2.45) is 0 Å². The first-order valence-corrected chi connectivity index (χ1v) is 10.6. The lowest BCUT2D eigenvalue weighted by atomic mass is 10.4. The van der Waals surface area contributed by atoms with Gasteiger partial charge < -0.3 is 4.89 Å². The summed E-state index contributed by atoms with van der Waals surface area (Å²) in [6.45, 7) is 11.8. The van der Waals surface area contributed by atoms with Gasteiger partial charge >= 0.3 is 5.97 Å². The van der Waals surface area contributed by atoms with Crippen LogP contribution in [0.5, 0.6) is 0 Å². The summed E-state index contributed by atoms with van der Waals surface area (Å²) in [5, 5.41) is 0. The predicted molar refractivity (Wildman–Crippen MR) is 86.9 cm³/mol. The minimum absolute atomic E-state index is 0.398. The van der Waals surface area contributed by atoms with Gasteiger partial charge in [0.15, 0.2) is 0 Å². The summed E-state index contributed by atoms with van der Waals surface area (Å²) in [7, 11) is -1.95. The van der Waals surface area contributed by atoms with Gasteiger partial charge in [0.05, 0.1) is 0 Å². The van der Waals surface area contributed by atoms with Crippen molar-refractivity contribution in [3.8, 4) is 0 Å². The first kappa shape index (κ1) is 19.4. The van der Waals surface area contributed by atoms with E-state index in [2.05, 4.69) is 27.4 Å². The van der Waals surface area contributed by atoms with Gasteiger partial charge in [0.1, 0.15) is 0 Å². The molecule has 0 saturated heterocycles. The van der Waals surface area contributed by atoms with Gasteiger partial charge in [-0.1, -0.05) is 65.9 Å². The molecule has 0 aromatic carbocycles. The SMILES string of the molecule is C=C(C)C(=O)OO[Si](CCCC)(CCCC)CCCC. The molecule has 0 bridgehead atoms. The highest BCUT2D eigenvalue weighted by Gasteiger charge is 2.36. The first-order chi connectivity index (χ1) is 9.51. The zero-order valence-electron chi connectivity index (χ0n) is 13.8. The monoisotopic (exact) mass is 300 g/mol. The molecule has 0 atom stereocenters. The van der Waals surface area contributed by atoms with E-state index in [1.54, 1.807) is 6.92 Å². The molecule has 0 rings (SSSR count). The van der Waals surface area contributed by atoms with Crippen LogP contribution in [0.25, 0.3) is 0 Å². The Morgan fingerprint density at radius 3 is 1.65 bits per heavy atom. The average molecular weight is 301 g/mol. The third-order valence-corrected chi connectivity index (χ3v) is 7.83. The fourth-order valence-corrected chi connectivity index (χ4v) is 6.44. The van der Waals surface area contributed by atoms with E-state index in [0.29, 0.717) is 5.57 Å². The number of rotatable bonds is 12. The minimum atomic E-state index is -1.95. The summed E-state index contributed by atoms with van der Waals surface area (Å²) in [4.78, 5) is 16.7. The summed E-state index contributed by atoms with van der Waals surface area (Å²) in [5.74, 6) is -0.425. The summed E-state index contributed by atoms with van der Waals surface area (Å²) in [5.41, 5.74) is 0.398. The smallest absolute Gasteiger partial charge is 0.305 e.